The van der Waals surface area contributed by atoms with E-state index in [1.165, 1.54) is 0 Å². The van der Waals surface area contributed by atoms with Crippen molar-refractivity contribution in [2.24, 2.45) is 0 Å². The molecule has 3 aromatic carbocycles. The Kier molecular flexibility index (Phi) is 10.6. The van der Waals surface area contributed by atoms with E-state index in [2.05, 4.69) is 50.0 Å². The van der Waals surface area contributed by atoms with Gasteiger partial charge in [-0.3, -0.25) is 4.98 Å². The van der Waals surface area contributed by atoms with Crippen molar-refractivity contribution in [3.63, 3.8) is 0 Å². The molecule has 1 aliphatic rings. The van der Waals surface area contributed by atoms with E-state index in [0.29, 0.717) is 17.6 Å². The van der Waals surface area contributed by atoms with E-state index in [-0.39, 0.29) is 29.6 Å². The van der Waals surface area contributed by atoms with Gasteiger partial charge < -0.3 is 19.7 Å². The lowest BCUT2D eigenvalue weighted by Gasteiger charge is -2.43. The van der Waals surface area contributed by atoms with E-state index in [4.69, 9.17) is 4.43 Å². The van der Waals surface area contributed by atoms with Gasteiger partial charge in [-0.15, -0.1) is 0 Å². The van der Waals surface area contributed by atoms with E-state index in [0.717, 1.165) is 27.2 Å². The first-order valence-electron chi connectivity index (χ1n) is 15.8. The molecule has 0 saturated heterocycles. The zero-order chi connectivity index (χ0) is 33.7. The molecular formula is C38H43NO6SSi. The standard InChI is InChI=1S/C38H43NO6SSi/c1-38(2,3)47(32-12-6-4-7-13-32,33-14-8-5-9-15-33)45-26-30-27-46(43,44)36(25-40)37(30)35(42)22-19-29(34-16-10-11-23-39-34)24-28-17-20-31(41)21-18-28/h4-18,20-21,23-24,35-36,40-42H,19,22,25-27H2,1-3H3/b29-24-/t35-,36+/m1/s1. The summed E-state index contributed by atoms with van der Waals surface area (Å²) in [5.41, 5.74) is 3.27. The van der Waals surface area contributed by atoms with Gasteiger partial charge in [0.2, 0.25) is 0 Å². The molecule has 246 valence electrons. The minimum atomic E-state index is -3.76. The molecule has 47 heavy (non-hydrogen) atoms. The second kappa shape index (κ2) is 14.5. The monoisotopic (exact) mass is 669 g/mol. The van der Waals surface area contributed by atoms with Crippen molar-refractivity contribution < 1.29 is 28.2 Å². The number of benzene rings is 3. The first kappa shape index (κ1) is 34.5. The van der Waals surface area contributed by atoms with Crippen LogP contribution >= 0.6 is 0 Å². The largest absolute Gasteiger partial charge is 0.508 e. The highest BCUT2D eigenvalue weighted by molar-refractivity contribution is 7.92. The number of sulfone groups is 1. The van der Waals surface area contributed by atoms with Gasteiger partial charge in [0.1, 0.15) is 11.0 Å². The minimum absolute atomic E-state index is 0.0197. The lowest BCUT2D eigenvalue weighted by molar-refractivity contribution is 0.188. The Morgan fingerprint density at radius 3 is 2.06 bits per heavy atom. The van der Waals surface area contributed by atoms with Gasteiger partial charge in [-0.1, -0.05) is 99.6 Å². The number of pyridine rings is 1. The summed E-state index contributed by atoms with van der Waals surface area (Å²) in [5.74, 6) is -0.117. The number of phenolic OH excluding ortho intramolecular Hbond substituents is 1. The molecule has 2 atom stereocenters. The summed E-state index contributed by atoms with van der Waals surface area (Å²) in [6, 6.07) is 32.6. The summed E-state index contributed by atoms with van der Waals surface area (Å²) in [6.07, 6.45) is 3.12. The number of nitrogens with zero attached hydrogens (tertiary/aromatic N) is 1. The molecule has 0 saturated carbocycles. The maximum absolute atomic E-state index is 13.4. The smallest absolute Gasteiger partial charge is 0.261 e. The molecule has 2 heterocycles. The van der Waals surface area contributed by atoms with Crippen molar-refractivity contribution in [1.29, 1.82) is 0 Å². The highest BCUT2D eigenvalue weighted by Gasteiger charge is 2.51. The van der Waals surface area contributed by atoms with E-state index < -0.39 is 36.1 Å². The van der Waals surface area contributed by atoms with Crippen LogP contribution in [0.25, 0.3) is 11.6 Å². The molecular weight excluding hydrogens is 627 g/mol. The lowest BCUT2D eigenvalue weighted by atomic mass is 9.94. The molecule has 5 rings (SSSR count). The fourth-order valence-corrected chi connectivity index (χ4v) is 13.1. The Balaban J connectivity index is 1.51. The van der Waals surface area contributed by atoms with Crippen LogP contribution in [-0.2, 0) is 14.3 Å². The average Bonchev–Trinajstić information content (AvgIpc) is 3.33. The molecule has 0 bridgehead atoms. The van der Waals surface area contributed by atoms with Crippen molar-refractivity contribution in [3.05, 3.63) is 132 Å². The fourth-order valence-electron chi connectivity index (χ4n) is 6.64. The van der Waals surface area contributed by atoms with Crippen molar-refractivity contribution in [3.8, 4) is 5.75 Å². The van der Waals surface area contributed by atoms with Gasteiger partial charge in [-0.2, -0.15) is 0 Å². The number of aliphatic hydroxyl groups is 2. The zero-order valence-electron chi connectivity index (χ0n) is 27.1. The van der Waals surface area contributed by atoms with Crippen LogP contribution in [0.3, 0.4) is 0 Å². The fraction of sp³-hybridized carbons (Fsp3) is 0.289. The molecule has 0 spiro atoms. The Morgan fingerprint density at radius 1 is 0.936 bits per heavy atom. The van der Waals surface area contributed by atoms with Gasteiger partial charge in [-0.25, -0.2) is 8.42 Å². The van der Waals surface area contributed by atoms with Crippen LogP contribution in [0.5, 0.6) is 5.75 Å². The molecule has 0 fully saturated rings. The maximum Gasteiger partial charge on any atom is 0.261 e. The van der Waals surface area contributed by atoms with Crippen LogP contribution in [-0.4, -0.2) is 67.4 Å². The second-order valence-electron chi connectivity index (χ2n) is 13.0. The normalized spacial score (nSPS) is 17.6. The Bertz CT molecular complexity index is 1760. The summed E-state index contributed by atoms with van der Waals surface area (Å²) in [5, 5.41) is 32.4. The number of aromatic hydroxyl groups is 1. The van der Waals surface area contributed by atoms with E-state index in [1.807, 2.05) is 60.7 Å². The predicted molar refractivity (Wildman–Crippen MR) is 191 cm³/mol. The number of rotatable bonds is 12. The van der Waals surface area contributed by atoms with Crippen molar-refractivity contribution in [2.45, 2.75) is 50.0 Å². The SMILES string of the molecule is CC(C)(C)[Si](OCC1=C([C@H](O)CC/C(=C/c2ccc(O)cc2)c2ccccn2)[C@H](CO)S(=O)(=O)C1)(c1ccccc1)c1ccccc1. The molecule has 4 aromatic rings. The average molecular weight is 670 g/mol. The third-order valence-corrected chi connectivity index (χ3v) is 15.9. The zero-order valence-corrected chi connectivity index (χ0v) is 28.9. The van der Waals surface area contributed by atoms with Crippen LogP contribution in [0.4, 0.5) is 0 Å². The molecule has 0 aliphatic carbocycles. The van der Waals surface area contributed by atoms with Crippen LogP contribution in [0, 0.1) is 0 Å². The van der Waals surface area contributed by atoms with Crippen molar-refractivity contribution in [2.75, 3.05) is 19.0 Å². The van der Waals surface area contributed by atoms with E-state index in [9.17, 15) is 23.7 Å². The lowest BCUT2D eigenvalue weighted by Crippen LogP contribution is -2.66. The van der Waals surface area contributed by atoms with Crippen molar-refractivity contribution in [1.82, 2.24) is 4.98 Å². The third-order valence-electron chi connectivity index (χ3n) is 8.88. The summed E-state index contributed by atoms with van der Waals surface area (Å²) in [6.45, 7) is 5.88. The van der Waals surface area contributed by atoms with E-state index in [1.54, 1.807) is 30.5 Å². The van der Waals surface area contributed by atoms with Crippen LogP contribution < -0.4 is 10.4 Å². The number of aliphatic hydroxyl groups excluding tert-OH is 2. The number of aromatic nitrogens is 1. The predicted octanol–water partition coefficient (Wildman–Crippen LogP) is 5.13. The molecule has 0 amide bonds. The van der Waals surface area contributed by atoms with Gasteiger partial charge in [0.25, 0.3) is 8.32 Å². The Hall–Kier alpha value is -3.86. The molecule has 3 N–H and O–H groups in total. The third kappa shape index (κ3) is 7.50. The second-order valence-corrected chi connectivity index (χ2v) is 19.5. The van der Waals surface area contributed by atoms with Crippen LogP contribution in [0.1, 0.15) is 44.9 Å². The Morgan fingerprint density at radius 2 is 1.53 bits per heavy atom. The maximum atomic E-state index is 13.4. The van der Waals surface area contributed by atoms with Gasteiger partial charge in [0, 0.05) is 6.20 Å². The first-order valence-corrected chi connectivity index (χ1v) is 19.5. The van der Waals surface area contributed by atoms with Gasteiger partial charge >= 0.3 is 0 Å². The number of hydrogen-bond donors (Lipinski definition) is 3. The highest BCUT2D eigenvalue weighted by atomic mass is 32.2. The molecule has 9 heteroatoms. The van der Waals surface area contributed by atoms with Crippen molar-refractivity contribution >= 4 is 40.2 Å². The summed E-state index contributed by atoms with van der Waals surface area (Å²) >= 11 is 0. The van der Waals surface area contributed by atoms with Crippen LogP contribution in [0.15, 0.2) is 120 Å². The Labute approximate surface area is 279 Å². The molecule has 7 nitrogen and oxygen atoms in total. The molecule has 1 aliphatic heterocycles. The summed E-state index contributed by atoms with van der Waals surface area (Å²) in [4.78, 5) is 4.51. The number of phenols is 1. The number of allylic oxidation sites excluding steroid dienone is 1. The molecule has 0 unspecified atom stereocenters. The summed E-state index contributed by atoms with van der Waals surface area (Å²) < 4.78 is 33.9. The van der Waals surface area contributed by atoms with Crippen LogP contribution in [0.2, 0.25) is 5.04 Å². The molecule has 0 radical (unpaired) electrons. The minimum Gasteiger partial charge on any atom is -0.508 e. The quantitative estimate of drug-likeness (QED) is 0.142. The van der Waals surface area contributed by atoms with E-state index >= 15 is 0 Å². The highest BCUT2D eigenvalue weighted by Crippen LogP contribution is 2.39. The topological polar surface area (TPSA) is 117 Å². The number of hydrogen-bond acceptors (Lipinski definition) is 7. The summed E-state index contributed by atoms with van der Waals surface area (Å²) in [7, 11) is -6.75. The van der Waals surface area contributed by atoms with Gasteiger partial charge in [0.05, 0.1) is 30.8 Å². The van der Waals surface area contributed by atoms with Gasteiger partial charge in [-0.05, 0) is 80.9 Å². The first-order chi connectivity index (χ1) is 22.5. The molecule has 1 aromatic heterocycles. The van der Waals surface area contributed by atoms with Gasteiger partial charge in [0.15, 0.2) is 9.84 Å².